The van der Waals surface area contributed by atoms with Gasteiger partial charge in [0.1, 0.15) is 6.04 Å². The van der Waals surface area contributed by atoms with Crippen LogP contribution in [-0.2, 0) is 4.79 Å². The number of carboxylic acids is 1. The summed E-state index contributed by atoms with van der Waals surface area (Å²) in [6.45, 7) is 0.840. The summed E-state index contributed by atoms with van der Waals surface area (Å²) in [4.78, 5) is 10.2. The Balaban J connectivity index is 3.17. The number of unbranched alkanes of at least 4 members (excludes halogenated alkanes) is 1. The van der Waals surface area contributed by atoms with E-state index in [0.29, 0.717) is 6.42 Å². The van der Waals surface area contributed by atoms with E-state index >= 15 is 0 Å². The van der Waals surface area contributed by atoms with Crippen molar-refractivity contribution < 1.29 is 9.90 Å². The van der Waals surface area contributed by atoms with Crippen molar-refractivity contribution in [2.75, 3.05) is 6.54 Å². The molecule has 0 saturated carbocycles. The summed E-state index contributed by atoms with van der Waals surface area (Å²) >= 11 is 3.05. The van der Waals surface area contributed by atoms with Crippen LogP contribution in [-0.4, -0.2) is 23.7 Å². The van der Waals surface area contributed by atoms with Crippen molar-refractivity contribution >= 4 is 22.1 Å². The molecule has 0 heterocycles. The van der Waals surface area contributed by atoms with Crippen LogP contribution in [0.3, 0.4) is 0 Å². The van der Waals surface area contributed by atoms with E-state index in [1.807, 2.05) is 0 Å². The van der Waals surface area contributed by atoms with Gasteiger partial charge in [-0.15, -0.1) is 0 Å². The van der Waals surface area contributed by atoms with Crippen molar-refractivity contribution in [3.05, 3.63) is 0 Å². The van der Waals surface area contributed by atoms with Crippen molar-refractivity contribution in [3.8, 4) is 0 Å². The second-order valence-electron chi connectivity index (χ2n) is 2.32. The minimum atomic E-state index is -0.920. The smallest absolute Gasteiger partial charge is 0.320 e. The summed E-state index contributed by atoms with van der Waals surface area (Å²) in [5.41, 5.74) is 5.27. The fraction of sp³-hybridized carbons (Fsp3) is 0.833. The van der Waals surface area contributed by atoms with E-state index in [2.05, 4.69) is 20.5 Å². The van der Waals surface area contributed by atoms with Gasteiger partial charge in [0.15, 0.2) is 0 Å². The number of rotatable bonds is 6. The van der Waals surface area contributed by atoms with E-state index in [9.17, 15) is 4.79 Å². The number of hydrogen-bond acceptors (Lipinski definition) is 3. The first-order valence-corrected chi connectivity index (χ1v) is 4.29. The van der Waals surface area contributed by atoms with Crippen LogP contribution in [0, 0.1) is 0 Å². The summed E-state index contributed by atoms with van der Waals surface area (Å²) in [5, 5.41) is 8.39. The van der Waals surface area contributed by atoms with E-state index in [-0.39, 0.29) is 0 Å². The molecule has 0 amide bonds. The van der Waals surface area contributed by atoms with Gasteiger partial charge < -0.3 is 10.8 Å². The monoisotopic (exact) mass is 224 g/mol. The molecule has 0 aliphatic heterocycles. The molecule has 0 aromatic carbocycles. The average molecular weight is 225 g/mol. The minimum absolute atomic E-state index is 0.546. The van der Waals surface area contributed by atoms with E-state index in [4.69, 9.17) is 10.8 Å². The van der Waals surface area contributed by atoms with Crippen LogP contribution in [0.2, 0.25) is 0 Å². The van der Waals surface area contributed by atoms with E-state index in [1.165, 1.54) is 0 Å². The predicted octanol–water partition coefficient (Wildman–Crippen LogP) is 0.468. The van der Waals surface area contributed by atoms with Gasteiger partial charge in [0.25, 0.3) is 0 Å². The van der Waals surface area contributed by atoms with Crippen molar-refractivity contribution in [1.29, 1.82) is 0 Å². The predicted molar refractivity (Wildman–Crippen MR) is 46.4 cm³/mol. The lowest BCUT2D eigenvalue weighted by molar-refractivity contribution is -0.138. The lowest BCUT2D eigenvalue weighted by Crippen LogP contribution is -2.29. The highest BCUT2D eigenvalue weighted by atomic mass is 79.9. The molecule has 0 radical (unpaired) electrons. The Morgan fingerprint density at radius 3 is 2.73 bits per heavy atom. The molecule has 0 aromatic rings. The Morgan fingerprint density at radius 2 is 2.27 bits per heavy atom. The number of carbonyl (C=O) groups is 1. The highest BCUT2D eigenvalue weighted by Gasteiger charge is 2.09. The van der Waals surface area contributed by atoms with Crippen LogP contribution < -0.4 is 10.1 Å². The Labute approximate surface area is 74.5 Å². The van der Waals surface area contributed by atoms with Crippen molar-refractivity contribution in [2.24, 2.45) is 5.73 Å². The molecule has 0 spiro atoms. The second-order valence-corrected chi connectivity index (χ2v) is 2.88. The molecule has 0 fully saturated rings. The number of carboxylic acid groups (broad SMARTS) is 1. The van der Waals surface area contributed by atoms with Gasteiger partial charge in [-0.1, -0.05) is 6.42 Å². The normalized spacial score (nSPS) is 12.9. The summed E-state index contributed by atoms with van der Waals surface area (Å²) < 4.78 is 2.79. The Hall–Kier alpha value is -0.130. The van der Waals surface area contributed by atoms with Crippen molar-refractivity contribution in [1.82, 2.24) is 4.34 Å². The van der Waals surface area contributed by atoms with E-state index in [0.717, 1.165) is 19.4 Å². The standard InChI is InChI=1S/C6H13BrN2O2/c7-9-4-2-1-3-5(8)6(10)11/h5,9H,1-4,8H2,(H,10,11)/t5-/m0/s1. The molecule has 0 bridgehead atoms. The molecule has 1 atom stereocenters. The Kier molecular flexibility index (Phi) is 6.49. The van der Waals surface area contributed by atoms with Gasteiger partial charge in [0, 0.05) is 22.7 Å². The maximum Gasteiger partial charge on any atom is 0.320 e. The molecule has 0 saturated heterocycles. The summed E-state index contributed by atoms with van der Waals surface area (Å²) in [6, 6.07) is -0.703. The molecule has 0 aromatic heterocycles. The van der Waals surface area contributed by atoms with Gasteiger partial charge in [-0.25, -0.2) is 0 Å². The first kappa shape index (κ1) is 10.9. The Morgan fingerprint density at radius 1 is 1.64 bits per heavy atom. The zero-order valence-corrected chi connectivity index (χ0v) is 7.80. The van der Waals surface area contributed by atoms with Crippen LogP contribution in [0.5, 0.6) is 0 Å². The Bertz CT molecular complexity index is 121. The quantitative estimate of drug-likeness (QED) is 0.453. The van der Waals surface area contributed by atoms with Gasteiger partial charge in [0.05, 0.1) is 0 Å². The topological polar surface area (TPSA) is 75.3 Å². The highest BCUT2D eigenvalue weighted by molar-refractivity contribution is 9.08. The largest absolute Gasteiger partial charge is 0.480 e. The molecular formula is C6H13BrN2O2. The molecule has 5 heteroatoms. The molecule has 0 rings (SSSR count). The fourth-order valence-electron chi connectivity index (χ4n) is 0.680. The zero-order valence-electron chi connectivity index (χ0n) is 6.22. The van der Waals surface area contributed by atoms with Crippen LogP contribution in [0.25, 0.3) is 0 Å². The third-order valence-corrected chi connectivity index (χ3v) is 1.75. The first-order chi connectivity index (χ1) is 5.18. The highest BCUT2D eigenvalue weighted by Crippen LogP contribution is 1.98. The molecular weight excluding hydrogens is 212 g/mol. The average Bonchev–Trinajstić information content (AvgIpc) is 1.97. The van der Waals surface area contributed by atoms with Gasteiger partial charge >= 0.3 is 5.97 Å². The third-order valence-electron chi connectivity index (χ3n) is 1.35. The molecule has 4 N–H and O–H groups in total. The van der Waals surface area contributed by atoms with Gasteiger partial charge in [0.2, 0.25) is 0 Å². The molecule has 0 unspecified atom stereocenters. The lowest BCUT2D eigenvalue weighted by atomic mass is 10.1. The summed E-state index contributed by atoms with van der Waals surface area (Å²) in [5.74, 6) is -0.920. The van der Waals surface area contributed by atoms with Gasteiger partial charge in [-0.3, -0.25) is 9.14 Å². The fourth-order valence-corrected chi connectivity index (χ4v) is 0.960. The van der Waals surface area contributed by atoms with Crippen LogP contribution in [0.1, 0.15) is 19.3 Å². The molecule has 11 heavy (non-hydrogen) atoms. The van der Waals surface area contributed by atoms with Crippen molar-refractivity contribution in [3.63, 3.8) is 0 Å². The van der Waals surface area contributed by atoms with Gasteiger partial charge in [-0.2, -0.15) is 0 Å². The van der Waals surface area contributed by atoms with Crippen LogP contribution in [0.4, 0.5) is 0 Å². The molecule has 4 nitrogen and oxygen atoms in total. The molecule has 66 valence electrons. The lowest BCUT2D eigenvalue weighted by Gasteiger charge is -2.04. The first-order valence-electron chi connectivity index (χ1n) is 3.50. The zero-order chi connectivity index (χ0) is 8.69. The second kappa shape index (κ2) is 6.57. The maximum absolute atomic E-state index is 10.2. The number of aliphatic carboxylic acids is 1. The summed E-state index contributed by atoms with van der Waals surface area (Å²) in [6.07, 6.45) is 2.32. The van der Waals surface area contributed by atoms with Gasteiger partial charge in [-0.05, 0) is 12.8 Å². The van der Waals surface area contributed by atoms with Crippen LogP contribution >= 0.6 is 16.1 Å². The maximum atomic E-state index is 10.2. The van der Waals surface area contributed by atoms with E-state index in [1.54, 1.807) is 0 Å². The number of nitrogens with two attached hydrogens (primary N) is 1. The summed E-state index contributed by atoms with van der Waals surface area (Å²) in [7, 11) is 0. The number of hydrogen-bond donors (Lipinski definition) is 3. The molecule has 0 aliphatic carbocycles. The number of halogens is 1. The number of nitrogens with one attached hydrogen (secondary N) is 1. The van der Waals surface area contributed by atoms with Crippen LogP contribution in [0.15, 0.2) is 0 Å². The molecule has 0 aliphatic rings. The third kappa shape index (κ3) is 6.28. The van der Waals surface area contributed by atoms with Crippen molar-refractivity contribution in [2.45, 2.75) is 25.3 Å². The minimum Gasteiger partial charge on any atom is -0.480 e. The van der Waals surface area contributed by atoms with E-state index < -0.39 is 12.0 Å². The SMILES string of the molecule is N[C@@H](CCCCNBr)C(=O)O.